The number of carbonyl (C=O) groups is 1. The summed E-state index contributed by atoms with van der Waals surface area (Å²) in [6.45, 7) is 2.77. The third-order valence-electron chi connectivity index (χ3n) is 4.63. The van der Waals surface area contributed by atoms with Crippen molar-refractivity contribution in [2.24, 2.45) is 0 Å². The highest BCUT2D eigenvalue weighted by Crippen LogP contribution is 2.26. The number of pyridine rings is 1. The number of aromatic nitrogens is 1. The standard InChI is InChI=1S/C16H24N4O2/c1-22-15-10-12(5-7-17-15)11-18-16(21)19-13-6-9-20-8-3-2-4-14(13)20/h5,7,10,13-14H,2-4,6,8-9,11H2,1H3,(H2,18,19,21)/t13-,14-/m0/s1. The molecule has 2 aliphatic heterocycles. The molecule has 2 atom stereocenters. The van der Waals surface area contributed by atoms with Gasteiger partial charge >= 0.3 is 6.03 Å². The summed E-state index contributed by atoms with van der Waals surface area (Å²) in [7, 11) is 1.59. The van der Waals surface area contributed by atoms with Crippen molar-refractivity contribution in [3.8, 4) is 5.88 Å². The van der Waals surface area contributed by atoms with Gasteiger partial charge in [-0.2, -0.15) is 0 Å². The Bertz CT molecular complexity index is 523. The highest BCUT2D eigenvalue weighted by Gasteiger charge is 2.36. The lowest BCUT2D eigenvalue weighted by atomic mass is 9.99. The summed E-state index contributed by atoms with van der Waals surface area (Å²) in [4.78, 5) is 18.7. The first-order valence-corrected chi connectivity index (χ1v) is 8.03. The normalized spacial score (nSPS) is 24.6. The Morgan fingerprint density at radius 1 is 1.41 bits per heavy atom. The Labute approximate surface area is 131 Å². The van der Waals surface area contributed by atoms with E-state index in [4.69, 9.17) is 4.74 Å². The predicted molar refractivity (Wildman–Crippen MR) is 83.8 cm³/mol. The molecule has 0 spiro atoms. The zero-order chi connectivity index (χ0) is 15.4. The molecule has 3 rings (SSSR count). The number of fused-ring (bicyclic) bond motifs is 1. The van der Waals surface area contributed by atoms with Crippen LogP contribution in [0.3, 0.4) is 0 Å². The van der Waals surface area contributed by atoms with Crippen LogP contribution in [0.15, 0.2) is 18.3 Å². The second kappa shape index (κ2) is 6.96. The first kappa shape index (κ1) is 15.1. The number of urea groups is 1. The van der Waals surface area contributed by atoms with E-state index in [-0.39, 0.29) is 12.1 Å². The molecule has 0 bridgehead atoms. The maximum atomic E-state index is 12.1. The predicted octanol–water partition coefficient (Wildman–Crippen LogP) is 1.52. The second-order valence-electron chi connectivity index (χ2n) is 6.03. The fourth-order valence-electron chi connectivity index (χ4n) is 3.49. The number of hydrogen-bond acceptors (Lipinski definition) is 4. The molecule has 0 radical (unpaired) electrons. The topological polar surface area (TPSA) is 66.5 Å². The minimum Gasteiger partial charge on any atom is -0.481 e. The number of methoxy groups -OCH3 is 1. The molecule has 0 saturated carbocycles. The molecular weight excluding hydrogens is 280 g/mol. The van der Waals surface area contributed by atoms with Gasteiger partial charge in [0.25, 0.3) is 0 Å². The van der Waals surface area contributed by atoms with E-state index in [0.29, 0.717) is 18.5 Å². The minimum absolute atomic E-state index is 0.0896. The van der Waals surface area contributed by atoms with Gasteiger partial charge in [0.1, 0.15) is 0 Å². The summed E-state index contributed by atoms with van der Waals surface area (Å²) < 4.78 is 5.08. The van der Waals surface area contributed by atoms with Crippen molar-refractivity contribution in [1.29, 1.82) is 0 Å². The molecule has 2 saturated heterocycles. The van der Waals surface area contributed by atoms with Gasteiger partial charge in [-0.3, -0.25) is 4.90 Å². The Morgan fingerprint density at radius 2 is 2.32 bits per heavy atom. The van der Waals surface area contributed by atoms with Crippen LogP contribution in [-0.2, 0) is 6.54 Å². The third kappa shape index (κ3) is 3.50. The summed E-state index contributed by atoms with van der Waals surface area (Å²) in [6.07, 6.45) is 6.51. The minimum atomic E-state index is -0.0896. The quantitative estimate of drug-likeness (QED) is 0.885. The molecule has 22 heavy (non-hydrogen) atoms. The summed E-state index contributed by atoms with van der Waals surface area (Å²) in [5.41, 5.74) is 0.979. The van der Waals surface area contributed by atoms with E-state index in [9.17, 15) is 4.79 Å². The number of carbonyl (C=O) groups excluding carboxylic acids is 1. The van der Waals surface area contributed by atoms with Crippen LogP contribution in [0.4, 0.5) is 4.79 Å². The highest BCUT2D eigenvalue weighted by molar-refractivity contribution is 5.74. The van der Waals surface area contributed by atoms with E-state index in [1.807, 2.05) is 12.1 Å². The number of hydrogen-bond donors (Lipinski definition) is 2. The Balaban J connectivity index is 1.48. The van der Waals surface area contributed by atoms with Crippen LogP contribution in [0.2, 0.25) is 0 Å². The molecule has 2 N–H and O–H groups in total. The van der Waals surface area contributed by atoms with Crippen LogP contribution in [0, 0.1) is 0 Å². The number of nitrogens with one attached hydrogen (secondary N) is 2. The van der Waals surface area contributed by atoms with Gasteiger partial charge in [0.05, 0.1) is 7.11 Å². The second-order valence-corrected chi connectivity index (χ2v) is 6.03. The van der Waals surface area contributed by atoms with Gasteiger partial charge in [0, 0.05) is 37.4 Å². The molecular formula is C16H24N4O2. The maximum absolute atomic E-state index is 12.1. The molecule has 6 nitrogen and oxygen atoms in total. The highest BCUT2D eigenvalue weighted by atomic mass is 16.5. The van der Waals surface area contributed by atoms with Gasteiger partial charge in [0.15, 0.2) is 0 Å². The molecule has 1 aromatic heterocycles. The van der Waals surface area contributed by atoms with Crippen molar-refractivity contribution < 1.29 is 9.53 Å². The van der Waals surface area contributed by atoms with Crippen LogP contribution in [0.25, 0.3) is 0 Å². The molecule has 120 valence electrons. The Morgan fingerprint density at radius 3 is 3.18 bits per heavy atom. The molecule has 2 fully saturated rings. The lowest BCUT2D eigenvalue weighted by Crippen LogP contribution is -2.49. The van der Waals surface area contributed by atoms with Crippen molar-refractivity contribution in [2.75, 3.05) is 20.2 Å². The average molecular weight is 304 g/mol. The number of amides is 2. The van der Waals surface area contributed by atoms with E-state index in [1.54, 1.807) is 13.3 Å². The van der Waals surface area contributed by atoms with Gasteiger partial charge in [0.2, 0.25) is 5.88 Å². The molecule has 0 aliphatic carbocycles. The van der Waals surface area contributed by atoms with Crippen molar-refractivity contribution >= 4 is 6.03 Å². The van der Waals surface area contributed by atoms with Gasteiger partial charge in [-0.1, -0.05) is 6.42 Å². The SMILES string of the molecule is COc1cc(CNC(=O)N[C@H]2CCN3CCCC[C@@H]23)ccn1. The summed E-state index contributed by atoms with van der Waals surface area (Å²) in [6, 6.07) is 4.43. The van der Waals surface area contributed by atoms with E-state index < -0.39 is 0 Å². The monoisotopic (exact) mass is 304 g/mol. The third-order valence-corrected chi connectivity index (χ3v) is 4.63. The number of rotatable bonds is 4. The molecule has 2 amide bonds. The van der Waals surface area contributed by atoms with Crippen molar-refractivity contribution in [3.63, 3.8) is 0 Å². The van der Waals surface area contributed by atoms with E-state index in [1.165, 1.54) is 25.8 Å². The molecule has 0 unspecified atom stereocenters. The van der Waals surface area contributed by atoms with Crippen LogP contribution in [-0.4, -0.2) is 48.2 Å². The van der Waals surface area contributed by atoms with Gasteiger partial charge in [-0.15, -0.1) is 0 Å². The zero-order valence-corrected chi connectivity index (χ0v) is 13.0. The largest absolute Gasteiger partial charge is 0.481 e. The Kier molecular flexibility index (Phi) is 4.77. The smallest absolute Gasteiger partial charge is 0.315 e. The van der Waals surface area contributed by atoms with Crippen molar-refractivity contribution in [3.05, 3.63) is 23.9 Å². The fourth-order valence-corrected chi connectivity index (χ4v) is 3.49. The molecule has 6 heteroatoms. The average Bonchev–Trinajstić information content (AvgIpc) is 2.96. The van der Waals surface area contributed by atoms with Crippen molar-refractivity contribution in [1.82, 2.24) is 20.5 Å². The number of ether oxygens (including phenoxy) is 1. The summed E-state index contributed by atoms with van der Waals surface area (Å²) in [5.74, 6) is 0.563. The fraction of sp³-hybridized carbons (Fsp3) is 0.625. The van der Waals surface area contributed by atoms with Gasteiger partial charge in [-0.25, -0.2) is 9.78 Å². The van der Waals surface area contributed by atoms with Crippen LogP contribution in [0.5, 0.6) is 5.88 Å². The van der Waals surface area contributed by atoms with Crippen LogP contribution in [0.1, 0.15) is 31.2 Å². The summed E-state index contributed by atoms with van der Waals surface area (Å²) in [5, 5.41) is 6.06. The van der Waals surface area contributed by atoms with Gasteiger partial charge in [-0.05, 0) is 37.4 Å². The van der Waals surface area contributed by atoms with Crippen LogP contribution >= 0.6 is 0 Å². The number of piperidine rings is 1. The van der Waals surface area contributed by atoms with E-state index in [2.05, 4.69) is 20.5 Å². The maximum Gasteiger partial charge on any atom is 0.315 e. The lowest BCUT2D eigenvalue weighted by Gasteiger charge is -2.32. The Hall–Kier alpha value is -1.82. The molecule has 0 aromatic carbocycles. The lowest BCUT2D eigenvalue weighted by molar-refractivity contribution is 0.179. The van der Waals surface area contributed by atoms with E-state index >= 15 is 0 Å². The summed E-state index contributed by atoms with van der Waals surface area (Å²) >= 11 is 0. The first-order chi connectivity index (χ1) is 10.8. The molecule has 2 aliphatic rings. The van der Waals surface area contributed by atoms with Crippen LogP contribution < -0.4 is 15.4 Å². The van der Waals surface area contributed by atoms with Crippen molar-refractivity contribution in [2.45, 2.75) is 44.3 Å². The molecule has 1 aromatic rings. The van der Waals surface area contributed by atoms with E-state index in [0.717, 1.165) is 18.5 Å². The first-order valence-electron chi connectivity index (χ1n) is 8.03. The van der Waals surface area contributed by atoms with Gasteiger partial charge < -0.3 is 15.4 Å². The number of nitrogens with zero attached hydrogens (tertiary/aromatic N) is 2. The zero-order valence-electron chi connectivity index (χ0n) is 13.0. The molecule has 3 heterocycles.